The standard InChI is InChI=1S/C22H24N2O2/c1-25-16-8-9-19-18(13-16)17-11-12-23-22(21(17)24-19)14-26-20(22)10-7-15-5-3-2-4-6-15/h2-6,8-9,13,20,23-24H,7,10-12,14H2,1H3/t20-,22-/m1/s1. The highest BCUT2D eigenvalue weighted by molar-refractivity contribution is 5.87. The SMILES string of the molecule is COc1ccc2[nH]c3c(c2c1)CCN[C@@]31CO[C@@H]1CCc1ccccc1. The summed E-state index contributed by atoms with van der Waals surface area (Å²) < 4.78 is 11.5. The highest BCUT2D eigenvalue weighted by Crippen LogP contribution is 2.44. The Kier molecular flexibility index (Phi) is 3.76. The number of rotatable bonds is 4. The second-order valence-electron chi connectivity index (χ2n) is 7.36. The van der Waals surface area contributed by atoms with Crippen LogP contribution in [-0.2, 0) is 23.1 Å². The number of ether oxygens (including phenoxy) is 2. The normalized spacial score (nSPS) is 24.4. The van der Waals surface area contributed by atoms with E-state index in [1.165, 1.54) is 27.7 Å². The first-order valence-electron chi connectivity index (χ1n) is 9.40. The van der Waals surface area contributed by atoms with Crippen molar-refractivity contribution in [1.82, 2.24) is 10.3 Å². The number of H-pyrrole nitrogens is 1. The molecule has 1 spiro atoms. The summed E-state index contributed by atoms with van der Waals surface area (Å²) in [5.74, 6) is 0.914. The van der Waals surface area contributed by atoms with Crippen LogP contribution in [0, 0.1) is 0 Å². The van der Waals surface area contributed by atoms with E-state index in [4.69, 9.17) is 9.47 Å². The zero-order valence-corrected chi connectivity index (χ0v) is 15.0. The zero-order valence-electron chi connectivity index (χ0n) is 15.0. The van der Waals surface area contributed by atoms with Crippen LogP contribution in [0.15, 0.2) is 48.5 Å². The number of fused-ring (bicyclic) bond motifs is 4. The highest BCUT2D eigenvalue weighted by Gasteiger charge is 2.52. The van der Waals surface area contributed by atoms with E-state index in [0.29, 0.717) is 0 Å². The van der Waals surface area contributed by atoms with Crippen LogP contribution in [-0.4, -0.2) is 31.3 Å². The Balaban J connectivity index is 1.47. The summed E-state index contributed by atoms with van der Waals surface area (Å²) in [5.41, 5.74) is 5.22. The molecule has 2 N–H and O–H groups in total. The molecule has 2 aliphatic rings. The van der Waals surface area contributed by atoms with Crippen molar-refractivity contribution in [1.29, 1.82) is 0 Å². The Labute approximate surface area is 153 Å². The molecule has 1 saturated heterocycles. The van der Waals surface area contributed by atoms with E-state index < -0.39 is 0 Å². The first-order valence-corrected chi connectivity index (χ1v) is 9.40. The van der Waals surface area contributed by atoms with E-state index in [-0.39, 0.29) is 11.6 Å². The molecule has 134 valence electrons. The molecule has 26 heavy (non-hydrogen) atoms. The van der Waals surface area contributed by atoms with Gasteiger partial charge in [0.15, 0.2) is 0 Å². The molecule has 2 aliphatic heterocycles. The van der Waals surface area contributed by atoms with Gasteiger partial charge in [-0.15, -0.1) is 0 Å². The van der Waals surface area contributed by atoms with Gasteiger partial charge in [-0.25, -0.2) is 0 Å². The van der Waals surface area contributed by atoms with Crippen molar-refractivity contribution in [3.05, 3.63) is 65.4 Å². The first kappa shape index (κ1) is 15.9. The number of aromatic amines is 1. The average Bonchev–Trinajstić information content (AvgIpc) is 3.06. The number of nitrogens with one attached hydrogen (secondary N) is 2. The van der Waals surface area contributed by atoms with Gasteiger partial charge in [-0.3, -0.25) is 0 Å². The fourth-order valence-corrected chi connectivity index (χ4v) is 4.53. The lowest BCUT2D eigenvalue weighted by molar-refractivity contribution is -0.161. The third-order valence-electron chi connectivity index (χ3n) is 5.97. The lowest BCUT2D eigenvalue weighted by Gasteiger charge is -2.51. The lowest BCUT2D eigenvalue weighted by Crippen LogP contribution is -2.66. The summed E-state index contributed by atoms with van der Waals surface area (Å²) in [7, 11) is 1.72. The fraction of sp³-hybridized carbons (Fsp3) is 0.364. The molecule has 1 aromatic heterocycles. The van der Waals surface area contributed by atoms with Crippen molar-refractivity contribution in [2.75, 3.05) is 20.3 Å². The quantitative estimate of drug-likeness (QED) is 0.758. The van der Waals surface area contributed by atoms with E-state index in [9.17, 15) is 0 Å². The summed E-state index contributed by atoms with van der Waals surface area (Å²) in [6.07, 6.45) is 3.31. The van der Waals surface area contributed by atoms with Crippen molar-refractivity contribution in [3.63, 3.8) is 0 Å². The molecule has 0 bridgehead atoms. The van der Waals surface area contributed by atoms with Gasteiger partial charge in [-0.1, -0.05) is 30.3 Å². The van der Waals surface area contributed by atoms with Crippen molar-refractivity contribution < 1.29 is 9.47 Å². The molecule has 0 aliphatic carbocycles. The Hall–Kier alpha value is -2.30. The lowest BCUT2D eigenvalue weighted by atomic mass is 9.77. The minimum absolute atomic E-state index is 0.0748. The van der Waals surface area contributed by atoms with Crippen LogP contribution in [0.4, 0.5) is 0 Å². The zero-order chi connectivity index (χ0) is 17.6. The maximum Gasteiger partial charge on any atom is 0.119 e. The molecule has 3 heterocycles. The van der Waals surface area contributed by atoms with Gasteiger partial charge in [0.25, 0.3) is 0 Å². The van der Waals surface area contributed by atoms with Gasteiger partial charge < -0.3 is 19.8 Å². The van der Waals surface area contributed by atoms with Gasteiger partial charge in [0.2, 0.25) is 0 Å². The average molecular weight is 348 g/mol. The minimum atomic E-state index is -0.0748. The van der Waals surface area contributed by atoms with Gasteiger partial charge in [-0.2, -0.15) is 0 Å². The van der Waals surface area contributed by atoms with Crippen molar-refractivity contribution in [2.45, 2.75) is 30.9 Å². The fourth-order valence-electron chi connectivity index (χ4n) is 4.53. The predicted molar refractivity (Wildman–Crippen MR) is 103 cm³/mol. The molecular weight excluding hydrogens is 324 g/mol. The number of aryl methyl sites for hydroxylation is 1. The van der Waals surface area contributed by atoms with Crippen LogP contribution in [0.3, 0.4) is 0 Å². The molecule has 1 fully saturated rings. The topological polar surface area (TPSA) is 46.3 Å². The summed E-state index contributed by atoms with van der Waals surface area (Å²) >= 11 is 0. The van der Waals surface area contributed by atoms with Crippen molar-refractivity contribution >= 4 is 10.9 Å². The number of methoxy groups -OCH3 is 1. The minimum Gasteiger partial charge on any atom is -0.497 e. The molecule has 5 rings (SSSR count). The summed E-state index contributed by atoms with van der Waals surface area (Å²) in [6.45, 7) is 1.73. The molecule has 0 amide bonds. The van der Waals surface area contributed by atoms with Crippen LogP contribution in [0.5, 0.6) is 5.75 Å². The number of hydrogen-bond donors (Lipinski definition) is 2. The predicted octanol–water partition coefficient (Wildman–Crippen LogP) is 3.55. The largest absolute Gasteiger partial charge is 0.497 e. The molecule has 4 nitrogen and oxygen atoms in total. The summed E-state index contributed by atoms with van der Waals surface area (Å²) in [6, 6.07) is 17.0. The smallest absolute Gasteiger partial charge is 0.119 e. The van der Waals surface area contributed by atoms with E-state index in [1.54, 1.807) is 7.11 Å². The molecule has 2 aromatic carbocycles. The van der Waals surface area contributed by atoms with Gasteiger partial charge in [-0.05, 0) is 48.6 Å². The van der Waals surface area contributed by atoms with Crippen molar-refractivity contribution in [2.24, 2.45) is 0 Å². The molecule has 0 radical (unpaired) electrons. The number of benzene rings is 2. The molecular formula is C22H24N2O2. The van der Waals surface area contributed by atoms with Crippen LogP contribution in [0.1, 0.15) is 23.2 Å². The molecule has 3 aromatic rings. The Bertz CT molecular complexity index is 934. The van der Waals surface area contributed by atoms with Gasteiger partial charge in [0.1, 0.15) is 11.3 Å². The maximum atomic E-state index is 6.04. The Morgan fingerprint density at radius 1 is 1.19 bits per heavy atom. The Morgan fingerprint density at radius 2 is 2.08 bits per heavy atom. The third-order valence-corrected chi connectivity index (χ3v) is 5.97. The highest BCUT2D eigenvalue weighted by atomic mass is 16.5. The molecule has 0 saturated carbocycles. The second-order valence-corrected chi connectivity index (χ2v) is 7.36. The second kappa shape index (κ2) is 6.15. The maximum absolute atomic E-state index is 6.04. The van der Waals surface area contributed by atoms with Crippen LogP contribution < -0.4 is 10.1 Å². The summed E-state index contributed by atoms with van der Waals surface area (Å²) in [5, 5.41) is 5.06. The molecule has 2 atom stereocenters. The van der Waals surface area contributed by atoms with Gasteiger partial charge in [0.05, 0.1) is 19.8 Å². The monoisotopic (exact) mass is 348 g/mol. The molecule has 4 heteroatoms. The van der Waals surface area contributed by atoms with E-state index >= 15 is 0 Å². The third kappa shape index (κ3) is 2.37. The van der Waals surface area contributed by atoms with Crippen LogP contribution in [0.2, 0.25) is 0 Å². The van der Waals surface area contributed by atoms with Crippen LogP contribution in [0.25, 0.3) is 10.9 Å². The van der Waals surface area contributed by atoms with E-state index in [1.807, 2.05) is 6.07 Å². The van der Waals surface area contributed by atoms with Gasteiger partial charge >= 0.3 is 0 Å². The molecule has 0 unspecified atom stereocenters. The number of aromatic nitrogens is 1. The van der Waals surface area contributed by atoms with Gasteiger partial charge in [0, 0.05) is 23.1 Å². The first-order chi connectivity index (χ1) is 12.8. The number of hydrogen-bond acceptors (Lipinski definition) is 3. The van der Waals surface area contributed by atoms with Crippen LogP contribution >= 0.6 is 0 Å². The summed E-state index contributed by atoms with van der Waals surface area (Å²) in [4.78, 5) is 3.69. The van der Waals surface area contributed by atoms with E-state index in [0.717, 1.165) is 38.2 Å². The van der Waals surface area contributed by atoms with Crippen molar-refractivity contribution in [3.8, 4) is 5.75 Å². The van der Waals surface area contributed by atoms with E-state index in [2.05, 4.69) is 52.8 Å². The Morgan fingerprint density at radius 3 is 2.85 bits per heavy atom.